The molecule has 21 heavy (non-hydrogen) atoms. The van der Waals surface area contributed by atoms with Gasteiger partial charge < -0.3 is 21.1 Å². The Morgan fingerprint density at radius 1 is 1.38 bits per heavy atom. The van der Waals surface area contributed by atoms with Crippen molar-refractivity contribution in [2.75, 3.05) is 23.8 Å². The van der Waals surface area contributed by atoms with E-state index in [1.165, 1.54) is 0 Å². The summed E-state index contributed by atoms with van der Waals surface area (Å²) in [7, 11) is 0. The molecule has 1 unspecified atom stereocenters. The van der Waals surface area contributed by atoms with Crippen LogP contribution in [0.5, 0.6) is 0 Å². The van der Waals surface area contributed by atoms with E-state index < -0.39 is 12.0 Å². The summed E-state index contributed by atoms with van der Waals surface area (Å²) in [6.07, 6.45) is 2.60. The molecule has 1 aliphatic heterocycles. The topological polar surface area (TPSA) is 98.7 Å². The Balaban J connectivity index is 2.41. The van der Waals surface area contributed by atoms with Gasteiger partial charge in [0.15, 0.2) is 0 Å². The highest BCUT2D eigenvalue weighted by Gasteiger charge is 2.30. The summed E-state index contributed by atoms with van der Waals surface area (Å²) in [6, 6.07) is 4.66. The predicted octanol–water partition coefficient (Wildman–Crippen LogP) is 1.29. The molecule has 0 saturated carbocycles. The van der Waals surface area contributed by atoms with Gasteiger partial charge in [-0.3, -0.25) is 4.79 Å². The van der Waals surface area contributed by atoms with Gasteiger partial charge in [0.2, 0.25) is 5.91 Å². The average Bonchev–Trinajstić information content (AvgIpc) is 2.47. The Hall–Kier alpha value is -2.24. The number of carbonyl (C=O) groups is 2. The molecule has 0 bridgehead atoms. The van der Waals surface area contributed by atoms with E-state index >= 15 is 0 Å². The molecule has 0 aromatic heterocycles. The number of amides is 1. The van der Waals surface area contributed by atoms with Gasteiger partial charge in [0.25, 0.3) is 0 Å². The highest BCUT2D eigenvalue weighted by atomic mass is 16.5. The molecule has 1 atom stereocenters. The predicted molar refractivity (Wildman–Crippen MR) is 81.0 cm³/mol. The molecule has 1 aliphatic rings. The van der Waals surface area contributed by atoms with Crippen molar-refractivity contribution < 1.29 is 14.3 Å². The van der Waals surface area contributed by atoms with Crippen molar-refractivity contribution in [2.24, 2.45) is 5.73 Å². The molecule has 6 heteroatoms. The third-order valence-electron chi connectivity index (χ3n) is 3.66. The lowest BCUT2D eigenvalue weighted by Crippen LogP contribution is -2.48. The van der Waals surface area contributed by atoms with Gasteiger partial charge >= 0.3 is 5.97 Å². The second kappa shape index (κ2) is 6.47. The summed E-state index contributed by atoms with van der Waals surface area (Å²) in [5.74, 6) is -0.810. The van der Waals surface area contributed by atoms with Crippen LogP contribution >= 0.6 is 0 Å². The van der Waals surface area contributed by atoms with Crippen LogP contribution in [0.25, 0.3) is 0 Å². The van der Waals surface area contributed by atoms with Crippen LogP contribution < -0.4 is 16.4 Å². The Morgan fingerprint density at radius 2 is 2.14 bits per heavy atom. The maximum Gasteiger partial charge on any atom is 0.340 e. The fourth-order valence-corrected chi connectivity index (χ4v) is 2.69. The van der Waals surface area contributed by atoms with E-state index in [4.69, 9.17) is 16.2 Å². The number of hydrogen-bond acceptors (Lipinski definition) is 5. The van der Waals surface area contributed by atoms with Gasteiger partial charge in [0.05, 0.1) is 17.9 Å². The molecule has 0 radical (unpaired) electrons. The maximum atomic E-state index is 12.1. The van der Waals surface area contributed by atoms with Gasteiger partial charge in [-0.2, -0.15) is 0 Å². The molecule has 1 aromatic carbocycles. The van der Waals surface area contributed by atoms with Gasteiger partial charge in [-0.05, 0) is 44.4 Å². The Morgan fingerprint density at radius 3 is 2.81 bits per heavy atom. The molecule has 2 rings (SSSR count). The number of nitrogen functional groups attached to an aromatic ring is 1. The van der Waals surface area contributed by atoms with E-state index in [0.717, 1.165) is 12.8 Å². The van der Waals surface area contributed by atoms with Crippen LogP contribution in [0.15, 0.2) is 18.2 Å². The van der Waals surface area contributed by atoms with Crippen molar-refractivity contribution in [1.29, 1.82) is 0 Å². The van der Waals surface area contributed by atoms with Gasteiger partial charge in [-0.25, -0.2) is 4.79 Å². The normalized spacial score (nSPS) is 18.3. The van der Waals surface area contributed by atoms with Gasteiger partial charge in [0, 0.05) is 12.2 Å². The third kappa shape index (κ3) is 3.26. The summed E-state index contributed by atoms with van der Waals surface area (Å²) >= 11 is 0. The number of esters is 1. The molecule has 1 amide bonds. The summed E-state index contributed by atoms with van der Waals surface area (Å²) in [4.78, 5) is 25.7. The molecule has 1 saturated heterocycles. The number of nitrogens with zero attached hydrogens (tertiary/aromatic N) is 1. The Labute approximate surface area is 124 Å². The largest absolute Gasteiger partial charge is 0.462 e. The fourth-order valence-electron chi connectivity index (χ4n) is 2.69. The number of benzene rings is 1. The molecule has 0 spiro atoms. The van der Waals surface area contributed by atoms with Gasteiger partial charge in [-0.1, -0.05) is 0 Å². The molecule has 0 aliphatic carbocycles. The lowest BCUT2D eigenvalue weighted by molar-refractivity contribution is -0.119. The number of carbonyl (C=O) groups excluding carboxylic acids is 2. The minimum absolute atomic E-state index is 0.284. The molecule has 4 N–H and O–H groups in total. The zero-order valence-corrected chi connectivity index (χ0v) is 12.2. The minimum atomic E-state index is -0.436. The monoisotopic (exact) mass is 291 g/mol. The van der Waals surface area contributed by atoms with Crippen molar-refractivity contribution in [3.8, 4) is 0 Å². The van der Waals surface area contributed by atoms with Crippen LogP contribution in [0, 0.1) is 0 Å². The SMILES string of the molecule is CCOC(=O)c1cc(N)ccc1N1CCCCC1C(N)=O. The standard InChI is InChI=1S/C15H21N3O3/c1-2-21-15(20)11-9-10(16)6-7-12(11)18-8-4-3-5-13(18)14(17)19/h6-7,9,13H,2-5,8,16H2,1H3,(H2,17,19). The first-order valence-corrected chi connectivity index (χ1v) is 7.17. The highest BCUT2D eigenvalue weighted by molar-refractivity contribution is 5.98. The van der Waals surface area contributed by atoms with Crippen molar-refractivity contribution in [3.63, 3.8) is 0 Å². The molecule has 1 aromatic rings. The Bertz CT molecular complexity index is 545. The summed E-state index contributed by atoms with van der Waals surface area (Å²) < 4.78 is 5.07. The zero-order valence-electron chi connectivity index (χ0n) is 12.2. The third-order valence-corrected chi connectivity index (χ3v) is 3.66. The van der Waals surface area contributed by atoms with Crippen LogP contribution in [-0.2, 0) is 9.53 Å². The van der Waals surface area contributed by atoms with Crippen LogP contribution in [0.3, 0.4) is 0 Å². The number of primary amides is 1. The molecule has 1 heterocycles. The lowest BCUT2D eigenvalue weighted by Gasteiger charge is -2.36. The number of rotatable bonds is 4. The first-order chi connectivity index (χ1) is 10.0. The van der Waals surface area contributed by atoms with Crippen molar-refractivity contribution in [3.05, 3.63) is 23.8 Å². The summed E-state index contributed by atoms with van der Waals surface area (Å²) in [5.41, 5.74) is 12.8. The van der Waals surface area contributed by atoms with Crippen LogP contribution in [0.1, 0.15) is 36.5 Å². The lowest BCUT2D eigenvalue weighted by atomic mass is 9.99. The van der Waals surface area contributed by atoms with Crippen LogP contribution in [0.2, 0.25) is 0 Å². The van der Waals surface area contributed by atoms with Crippen molar-refractivity contribution in [2.45, 2.75) is 32.2 Å². The molecule has 6 nitrogen and oxygen atoms in total. The molecule has 1 fully saturated rings. The van der Waals surface area contributed by atoms with Gasteiger partial charge in [-0.15, -0.1) is 0 Å². The molecular formula is C15H21N3O3. The fraction of sp³-hybridized carbons (Fsp3) is 0.467. The van der Waals surface area contributed by atoms with E-state index in [0.29, 0.717) is 29.9 Å². The van der Waals surface area contributed by atoms with E-state index in [1.54, 1.807) is 25.1 Å². The summed E-state index contributed by atoms with van der Waals surface area (Å²) in [6.45, 7) is 2.72. The van der Waals surface area contributed by atoms with E-state index in [-0.39, 0.29) is 12.5 Å². The van der Waals surface area contributed by atoms with Crippen molar-refractivity contribution >= 4 is 23.3 Å². The molecular weight excluding hydrogens is 270 g/mol. The van der Waals surface area contributed by atoms with E-state index in [1.807, 2.05) is 4.90 Å². The second-order valence-corrected chi connectivity index (χ2v) is 5.10. The number of hydrogen-bond donors (Lipinski definition) is 2. The number of ether oxygens (including phenoxy) is 1. The minimum Gasteiger partial charge on any atom is -0.462 e. The average molecular weight is 291 g/mol. The molecule has 114 valence electrons. The maximum absolute atomic E-state index is 12.1. The number of nitrogens with two attached hydrogens (primary N) is 2. The van der Waals surface area contributed by atoms with Crippen LogP contribution in [0.4, 0.5) is 11.4 Å². The second-order valence-electron chi connectivity index (χ2n) is 5.10. The zero-order chi connectivity index (χ0) is 15.4. The van der Waals surface area contributed by atoms with Crippen LogP contribution in [-0.4, -0.2) is 31.1 Å². The first kappa shape index (κ1) is 15.2. The number of piperidine rings is 1. The Kier molecular flexibility index (Phi) is 4.67. The van der Waals surface area contributed by atoms with E-state index in [9.17, 15) is 9.59 Å². The first-order valence-electron chi connectivity index (χ1n) is 7.17. The highest BCUT2D eigenvalue weighted by Crippen LogP contribution is 2.30. The van der Waals surface area contributed by atoms with Gasteiger partial charge in [0.1, 0.15) is 6.04 Å². The van der Waals surface area contributed by atoms with Crippen molar-refractivity contribution in [1.82, 2.24) is 0 Å². The smallest absolute Gasteiger partial charge is 0.340 e. The number of anilines is 2. The summed E-state index contributed by atoms with van der Waals surface area (Å²) in [5, 5.41) is 0. The van der Waals surface area contributed by atoms with E-state index in [2.05, 4.69) is 0 Å². The quantitative estimate of drug-likeness (QED) is 0.643.